The number of alkyl halides is 3. The minimum Gasteiger partial charge on any atom is -0.387 e. The van der Waals surface area contributed by atoms with E-state index < -0.39 is 28.8 Å². The third-order valence-corrected chi connectivity index (χ3v) is 8.00. The highest BCUT2D eigenvalue weighted by molar-refractivity contribution is 5.58. The summed E-state index contributed by atoms with van der Waals surface area (Å²) in [6.07, 6.45) is -0.341. The molecule has 10 heteroatoms. The van der Waals surface area contributed by atoms with Gasteiger partial charge in [-0.15, -0.1) is 0 Å². The van der Waals surface area contributed by atoms with Gasteiger partial charge in [0.2, 0.25) is 5.60 Å². The minimum atomic E-state index is -4.84. The predicted molar refractivity (Wildman–Crippen MR) is 109 cm³/mol. The summed E-state index contributed by atoms with van der Waals surface area (Å²) in [5, 5.41) is 25.7. The first kappa shape index (κ1) is 21.9. The molecule has 2 N–H and O–H groups in total. The maximum Gasteiger partial charge on any atom is 0.424 e. The van der Waals surface area contributed by atoms with Crippen LogP contribution in [0.15, 0.2) is 12.3 Å². The fraction of sp³-hybridized carbons (Fsp3) is 0.727. The number of rotatable bonds is 3. The molecule has 0 unspecified atom stereocenters. The zero-order valence-corrected chi connectivity index (χ0v) is 18.7. The first-order chi connectivity index (χ1) is 14.7. The van der Waals surface area contributed by atoms with Crippen molar-refractivity contribution >= 4 is 0 Å². The van der Waals surface area contributed by atoms with E-state index in [4.69, 9.17) is 9.84 Å². The highest BCUT2D eigenvalue weighted by Crippen LogP contribution is 2.54. The van der Waals surface area contributed by atoms with E-state index in [1.807, 2.05) is 10.7 Å². The van der Waals surface area contributed by atoms with E-state index in [9.17, 15) is 23.4 Å². The van der Waals surface area contributed by atoms with Crippen LogP contribution in [0.4, 0.5) is 13.2 Å². The molecule has 2 bridgehead atoms. The summed E-state index contributed by atoms with van der Waals surface area (Å²) >= 11 is 0. The minimum absolute atomic E-state index is 0.272. The summed E-state index contributed by atoms with van der Waals surface area (Å²) in [5.74, 6) is -0.409. The van der Waals surface area contributed by atoms with Gasteiger partial charge in [0.05, 0.1) is 53.7 Å². The van der Waals surface area contributed by atoms with Crippen LogP contribution in [0, 0.1) is 0 Å². The molecule has 0 aromatic carbocycles. The van der Waals surface area contributed by atoms with Gasteiger partial charge in [-0.2, -0.15) is 18.3 Å². The molecular formula is C22H29F3N4O3. The number of hydrogen-bond donors (Lipinski definition) is 2. The molecule has 6 rings (SSSR count). The second-order valence-electron chi connectivity index (χ2n) is 10.5. The lowest BCUT2D eigenvalue weighted by Gasteiger charge is -2.56. The molecule has 2 saturated heterocycles. The Kier molecular flexibility index (Phi) is 4.35. The van der Waals surface area contributed by atoms with Gasteiger partial charge >= 0.3 is 6.18 Å². The van der Waals surface area contributed by atoms with Crippen LogP contribution in [0.1, 0.15) is 70.9 Å². The fourth-order valence-electron chi connectivity index (χ4n) is 5.65. The summed E-state index contributed by atoms with van der Waals surface area (Å²) in [4.78, 5) is 3.99. The Morgan fingerprint density at radius 3 is 2.28 bits per heavy atom. The molecule has 7 nitrogen and oxygen atoms in total. The van der Waals surface area contributed by atoms with Crippen molar-refractivity contribution < 1.29 is 28.1 Å². The number of fused-ring (bicyclic) bond motifs is 6. The zero-order valence-electron chi connectivity index (χ0n) is 18.7. The maximum atomic E-state index is 13.5. The van der Waals surface area contributed by atoms with E-state index in [2.05, 4.69) is 4.98 Å². The summed E-state index contributed by atoms with van der Waals surface area (Å²) < 4.78 is 50.0. The van der Waals surface area contributed by atoms with Crippen molar-refractivity contribution in [2.75, 3.05) is 6.61 Å². The predicted octanol–water partition coefficient (Wildman–Crippen LogP) is 3.44. The van der Waals surface area contributed by atoms with Crippen LogP contribution in [0.25, 0.3) is 11.4 Å². The number of aliphatic hydroxyl groups is 2. The average Bonchev–Trinajstić information content (AvgIpc) is 3.33. The standard InChI is InChI=1S/C22H29F3N4O3/c1-13-11-28-14(15-10-26-17(29(13)15)19(4,31)22(23,24)25)9-16(27-28)20-5-7-21(8-6-20,32-12-20)18(2,3)30/h9-10,13,30-31H,5-8,11-12H2,1-4H3/t13-,19+,20?,21?/m0/s1. The monoisotopic (exact) mass is 454 g/mol. The Bertz CT molecular complexity index is 1040. The van der Waals surface area contributed by atoms with Crippen LogP contribution in [-0.4, -0.2) is 53.5 Å². The van der Waals surface area contributed by atoms with Gasteiger partial charge in [0.1, 0.15) is 0 Å². The lowest BCUT2D eigenvalue weighted by Crippen LogP contribution is -2.62. The number of aromatic nitrogens is 4. The molecule has 4 aliphatic rings. The van der Waals surface area contributed by atoms with Crippen LogP contribution in [0.3, 0.4) is 0 Å². The zero-order chi connectivity index (χ0) is 23.3. The Morgan fingerprint density at radius 1 is 1.09 bits per heavy atom. The van der Waals surface area contributed by atoms with Crippen LogP contribution >= 0.6 is 0 Å². The van der Waals surface area contributed by atoms with E-state index >= 15 is 0 Å². The molecule has 0 radical (unpaired) electrons. The molecule has 2 atom stereocenters. The lowest BCUT2D eigenvalue weighted by atomic mass is 9.60. The van der Waals surface area contributed by atoms with Crippen molar-refractivity contribution in [2.45, 2.75) is 94.4 Å². The van der Waals surface area contributed by atoms with Crippen molar-refractivity contribution in [3.8, 4) is 11.4 Å². The molecule has 1 saturated carbocycles. The van der Waals surface area contributed by atoms with Gasteiger partial charge in [-0.25, -0.2) is 4.98 Å². The van der Waals surface area contributed by atoms with Crippen LogP contribution in [-0.2, 0) is 22.3 Å². The van der Waals surface area contributed by atoms with Crippen LogP contribution in [0.5, 0.6) is 0 Å². The molecule has 2 aromatic heterocycles. The van der Waals surface area contributed by atoms with Crippen molar-refractivity contribution in [3.05, 3.63) is 23.8 Å². The number of hydrogen-bond acceptors (Lipinski definition) is 5. The number of ether oxygens (including phenoxy) is 1. The van der Waals surface area contributed by atoms with Crippen molar-refractivity contribution in [1.82, 2.24) is 19.3 Å². The summed E-state index contributed by atoms with van der Waals surface area (Å²) in [6, 6.07) is 1.57. The normalized spacial score (nSPS) is 31.8. The highest BCUT2D eigenvalue weighted by atomic mass is 19.4. The second kappa shape index (κ2) is 6.36. The molecule has 176 valence electrons. The molecular weight excluding hydrogens is 425 g/mol. The Labute approximate surface area is 184 Å². The molecule has 1 aliphatic carbocycles. The van der Waals surface area contributed by atoms with Gasteiger partial charge < -0.3 is 19.5 Å². The quantitative estimate of drug-likeness (QED) is 0.742. The van der Waals surface area contributed by atoms with Gasteiger partial charge in [-0.1, -0.05) is 0 Å². The van der Waals surface area contributed by atoms with E-state index in [0.29, 0.717) is 24.5 Å². The Balaban J connectivity index is 1.52. The van der Waals surface area contributed by atoms with E-state index in [-0.39, 0.29) is 11.5 Å². The molecule has 3 aliphatic heterocycles. The Morgan fingerprint density at radius 2 is 1.75 bits per heavy atom. The Hall–Kier alpha value is -1.91. The molecule has 5 heterocycles. The number of imidazole rings is 1. The van der Waals surface area contributed by atoms with E-state index in [0.717, 1.165) is 38.3 Å². The average molecular weight is 454 g/mol. The fourth-order valence-corrected chi connectivity index (χ4v) is 5.65. The van der Waals surface area contributed by atoms with Crippen LogP contribution in [0.2, 0.25) is 0 Å². The first-order valence-electron chi connectivity index (χ1n) is 11.0. The third-order valence-electron chi connectivity index (χ3n) is 8.00. The summed E-state index contributed by atoms with van der Waals surface area (Å²) in [7, 11) is 0. The van der Waals surface area contributed by atoms with Gasteiger partial charge in [0.15, 0.2) is 5.82 Å². The molecule has 0 amide bonds. The van der Waals surface area contributed by atoms with E-state index in [1.54, 1.807) is 20.8 Å². The van der Waals surface area contributed by atoms with Gasteiger partial charge in [-0.3, -0.25) is 4.68 Å². The molecule has 32 heavy (non-hydrogen) atoms. The summed E-state index contributed by atoms with van der Waals surface area (Å²) in [5.41, 5.74) is -2.73. The number of halogens is 3. The topological polar surface area (TPSA) is 85.3 Å². The largest absolute Gasteiger partial charge is 0.424 e. The van der Waals surface area contributed by atoms with Crippen molar-refractivity contribution in [1.29, 1.82) is 0 Å². The number of nitrogens with zero attached hydrogens (tertiary/aromatic N) is 4. The molecule has 2 aromatic rings. The molecule has 0 spiro atoms. The van der Waals surface area contributed by atoms with Gasteiger partial charge in [0, 0.05) is 5.41 Å². The SMILES string of the molecule is C[C@H]1Cn2nc(C34CCC(C(C)(C)O)(CC3)OC4)cc2-c2cnc([C@@](C)(O)C(F)(F)F)n21. The second-order valence-corrected chi connectivity index (χ2v) is 10.5. The van der Waals surface area contributed by atoms with Gasteiger partial charge in [0.25, 0.3) is 0 Å². The highest BCUT2D eigenvalue weighted by Gasteiger charge is 2.58. The smallest absolute Gasteiger partial charge is 0.387 e. The van der Waals surface area contributed by atoms with Crippen molar-refractivity contribution in [3.63, 3.8) is 0 Å². The summed E-state index contributed by atoms with van der Waals surface area (Å²) in [6.45, 7) is 6.95. The van der Waals surface area contributed by atoms with Crippen LogP contribution < -0.4 is 0 Å². The lowest BCUT2D eigenvalue weighted by molar-refractivity contribution is -0.262. The van der Waals surface area contributed by atoms with Crippen molar-refractivity contribution in [2.24, 2.45) is 0 Å². The maximum absolute atomic E-state index is 13.5. The molecule has 3 fully saturated rings. The third kappa shape index (κ3) is 2.78. The van der Waals surface area contributed by atoms with E-state index in [1.165, 1.54) is 10.8 Å². The van der Waals surface area contributed by atoms with Gasteiger partial charge in [-0.05, 0) is 59.4 Å². The first-order valence-corrected chi connectivity index (χ1v) is 11.0.